The topological polar surface area (TPSA) is 235 Å². The van der Waals surface area contributed by atoms with E-state index in [1.54, 1.807) is 22.4 Å². The predicted octanol–water partition coefficient (Wildman–Crippen LogP) is 7.81. The van der Waals surface area contributed by atoms with Crippen molar-refractivity contribution in [1.82, 2.24) is 45.4 Å². The number of benzene rings is 3. The first kappa shape index (κ1) is 54.4. The Bertz CT molecular complexity index is 3200. The fraction of sp³-hybridized carbons (Fsp3) is 0.390. The molecule has 5 heterocycles. The molecule has 77 heavy (non-hydrogen) atoms. The second-order valence-electron chi connectivity index (χ2n) is 21.1. The number of nitrogens with two attached hydrogens (primary N) is 2. The number of rotatable bonds is 22. The zero-order valence-corrected chi connectivity index (χ0v) is 45.2. The van der Waals surface area contributed by atoms with Gasteiger partial charge in [-0.2, -0.15) is 0 Å². The molecule has 1 saturated carbocycles. The van der Waals surface area contributed by atoms with Crippen LogP contribution in [0.25, 0.3) is 49.9 Å². The largest absolute Gasteiger partial charge is 0.383 e. The van der Waals surface area contributed by atoms with Crippen LogP contribution < -0.4 is 27.4 Å². The van der Waals surface area contributed by atoms with E-state index in [0.717, 1.165) is 74.5 Å². The van der Waals surface area contributed by atoms with Gasteiger partial charge in [-0.1, -0.05) is 75.4 Å². The minimum absolute atomic E-state index is 0.0444. The van der Waals surface area contributed by atoms with Crippen molar-refractivity contribution in [3.05, 3.63) is 131 Å². The van der Waals surface area contributed by atoms with Crippen LogP contribution in [0.1, 0.15) is 88.1 Å². The summed E-state index contributed by atoms with van der Waals surface area (Å²) in [6.45, 7) is 9.73. The summed E-state index contributed by atoms with van der Waals surface area (Å²) in [6, 6.07) is 30.7. The molecule has 2 atom stereocenters. The zero-order chi connectivity index (χ0) is 54.1. The maximum Gasteiger partial charge on any atom is 0.246 e. The summed E-state index contributed by atoms with van der Waals surface area (Å²) in [5, 5.41) is 8.94. The Balaban J connectivity index is 0.687. The fourth-order valence-electron chi connectivity index (χ4n) is 9.92. The van der Waals surface area contributed by atoms with Gasteiger partial charge in [-0.25, -0.2) is 19.9 Å². The van der Waals surface area contributed by atoms with Gasteiger partial charge in [0.1, 0.15) is 23.4 Å². The summed E-state index contributed by atoms with van der Waals surface area (Å²) >= 11 is 1.59. The number of amides is 4. The number of aryl methyl sites for hydroxylation is 1. The van der Waals surface area contributed by atoms with E-state index in [4.69, 9.17) is 30.9 Å². The number of pyridine rings is 2. The van der Waals surface area contributed by atoms with Gasteiger partial charge in [0, 0.05) is 55.5 Å². The Labute approximate surface area is 453 Å². The van der Waals surface area contributed by atoms with Crippen LogP contribution in [0.4, 0.5) is 5.82 Å². The predicted molar refractivity (Wildman–Crippen MR) is 300 cm³/mol. The maximum atomic E-state index is 14.0. The van der Waals surface area contributed by atoms with E-state index < -0.39 is 17.5 Å². The number of thiazole rings is 1. The second-order valence-corrected chi connectivity index (χ2v) is 21.9. The Hall–Kier alpha value is -7.38. The highest BCUT2D eigenvalue weighted by molar-refractivity contribution is 7.13. The van der Waals surface area contributed by atoms with Crippen LogP contribution in [-0.4, -0.2) is 105 Å². The molecule has 1 unspecified atom stereocenters. The molecule has 4 aromatic heterocycles. The number of carbonyl (C=O) groups is 4. The Morgan fingerprint density at radius 1 is 0.818 bits per heavy atom. The average Bonchev–Trinajstić information content (AvgIpc) is 4.22. The molecule has 2 fully saturated rings. The fourth-order valence-corrected chi connectivity index (χ4v) is 10.7. The van der Waals surface area contributed by atoms with Gasteiger partial charge in [0.05, 0.1) is 53.8 Å². The van der Waals surface area contributed by atoms with E-state index in [1.165, 1.54) is 0 Å². The third-order valence-corrected chi connectivity index (χ3v) is 15.5. The molecular weight excluding hydrogens is 991 g/mol. The summed E-state index contributed by atoms with van der Waals surface area (Å²) in [7, 11) is 0. The number of imidazole rings is 1. The molecule has 2 aliphatic rings. The molecule has 1 aliphatic carbocycles. The summed E-state index contributed by atoms with van der Waals surface area (Å²) < 4.78 is 13.4. The van der Waals surface area contributed by atoms with Crippen LogP contribution in [0, 0.1) is 12.3 Å². The average molecular weight is 1060 g/mol. The Kier molecular flexibility index (Phi) is 17.2. The lowest BCUT2D eigenvalue weighted by Gasteiger charge is -2.38. The third-order valence-electron chi connectivity index (χ3n) is 14.5. The SMILES string of the molecule is Cc1ncsc1-c1ccc(CNC(=O)[C@@H]2CCCN2C(=O)C(NC(=O)CCOCCOCCC(=O)NCCc2cccc(-c3ccc4nc(-c5cccnc5N)n(-c5ccc(C6(N)CCC6)cc5)c4n3)c2)C(C)(C)C)cc1. The monoisotopic (exact) mass is 1060 g/mol. The van der Waals surface area contributed by atoms with E-state index in [9.17, 15) is 19.2 Å². The van der Waals surface area contributed by atoms with Gasteiger partial charge < -0.3 is 41.8 Å². The molecule has 7 aromatic rings. The van der Waals surface area contributed by atoms with Crippen molar-refractivity contribution >= 4 is 51.9 Å². The second kappa shape index (κ2) is 24.3. The molecule has 1 aliphatic heterocycles. The summed E-state index contributed by atoms with van der Waals surface area (Å²) in [5.74, 6) is 0.0861. The van der Waals surface area contributed by atoms with E-state index in [2.05, 4.69) is 56.3 Å². The van der Waals surface area contributed by atoms with Gasteiger partial charge in [0.15, 0.2) is 11.5 Å². The number of ether oxygens (including phenoxy) is 2. The quantitative estimate of drug-likeness (QED) is 0.0409. The minimum atomic E-state index is -0.832. The molecule has 18 heteroatoms. The van der Waals surface area contributed by atoms with Crippen LogP contribution in [0.5, 0.6) is 0 Å². The lowest BCUT2D eigenvalue weighted by molar-refractivity contribution is -0.144. The van der Waals surface area contributed by atoms with Gasteiger partial charge in [-0.3, -0.25) is 23.7 Å². The van der Waals surface area contributed by atoms with Crippen LogP contribution in [-0.2, 0) is 47.2 Å². The number of nitrogen functional groups attached to an aromatic ring is 1. The molecule has 7 N–H and O–H groups in total. The minimum Gasteiger partial charge on any atom is -0.383 e. The highest BCUT2D eigenvalue weighted by Crippen LogP contribution is 2.40. The van der Waals surface area contributed by atoms with E-state index in [-0.39, 0.29) is 68.4 Å². The number of likely N-dealkylation sites (tertiary alicyclic amines) is 1. The molecule has 1 saturated heterocycles. The number of fused-ring (bicyclic) bond motifs is 1. The molecule has 402 valence electrons. The molecule has 0 bridgehead atoms. The van der Waals surface area contributed by atoms with Gasteiger partial charge in [-0.05, 0) is 116 Å². The highest BCUT2D eigenvalue weighted by atomic mass is 32.1. The molecule has 4 amide bonds. The molecule has 17 nitrogen and oxygen atoms in total. The van der Waals surface area contributed by atoms with Crippen LogP contribution in [0.15, 0.2) is 109 Å². The van der Waals surface area contributed by atoms with Crippen molar-refractivity contribution in [2.24, 2.45) is 11.1 Å². The standard InChI is InChI=1S/C59H69N11O6S/c1-38-51(77-37-65-38)41-15-13-40(14-16-41)36-64-56(73)48-12-7-30-69(48)57(74)52(58(2,3)4)68-50(72)25-32-76-34-33-75-31-24-49(71)62-29-23-39-9-5-10-42(35-39)46-21-22-47-55(66-46)70(54(67-47)45-11-6-28-63-53(45)60)44-19-17-43(18-20-44)59(61)26-8-27-59/h5-6,9-11,13-22,28,35,37,48,52H,7-8,12,23-27,29-34,36,61H2,1-4H3,(H2,60,63)(H,62,71)(H,64,73)(H,68,72)/t48-,52?/m0/s1. The number of nitrogens with one attached hydrogen (secondary N) is 3. The van der Waals surface area contributed by atoms with Crippen molar-refractivity contribution in [3.8, 4) is 38.8 Å². The number of carbonyl (C=O) groups excluding carboxylic acids is 4. The first-order valence-electron chi connectivity index (χ1n) is 26.5. The number of nitrogens with zero attached hydrogens (tertiary/aromatic N) is 6. The van der Waals surface area contributed by atoms with Crippen molar-refractivity contribution in [2.75, 3.05) is 45.3 Å². The molecular formula is C59H69N11O6S. The van der Waals surface area contributed by atoms with Crippen LogP contribution in [0.3, 0.4) is 0 Å². The van der Waals surface area contributed by atoms with Crippen molar-refractivity contribution in [1.29, 1.82) is 0 Å². The van der Waals surface area contributed by atoms with E-state index in [1.807, 2.05) is 105 Å². The Morgan fingerprint density at radius 2 is 1.57 bits per heavy atom. The first-order chi connectivity index (χ1) is 37.1. The molecule has 0 radical (unpaired) electrons. The lowest BCUT2D eigenvalue weighted by Crippen LogP contribution is -2.57. The molecule has 9 rings (SSSR count). The number of aromatic nitrogens is 5. The molecule has 3 aromatic carbocycles. The summed E-state index contributed by atoms with van der Waals surface area (Å²) in [6.07, 6.45) is 6.84. The van der Waals surface area contributed by atoms with Gasteiger partial charge in [-0.15, -0.1) is 11.3 Å². The van der Waals surface area contributed by atoms with Crippen molar-refractivity contribution < 1.29 is 28.7 Å². The van der Waals surface area contributed by atoms with Crippen molar-refractivity contribution in [2.45, 2.75) is 103 Å². The lowest BCUT2D eigenvalue weighted by atomic mass is 9.73. The number of anilines is 1. The van der Waals surface area contributed by atoms with Gasteiger partial charge in [0.2, 0.25) is 23.6 Å². The first-order valence-corrected chi connectivity index (χ1v) is 27.4. The van der Waals surface area contributed by atoms with Crippen LogP contribution in [0.2, 0.25) is 0 Å². The zero-order valence-electron chi connectivity index (χ0n) is 44.3. The molecule has 0 spiro atoms. The van der Waals surface area contributed by atoms with E-state index in [0.29, 0.717) is 61.7 Å². The summed E-state index contributed by atoms with van der Waals surface area (Å²) in [4.78, 5) is 74.8. The van der Waals surface area contributed by atoms with Gasteiger partial charge in [0.25, 0.3) is 0 Å². The normalized spacial score (nSPS) is 15.5. The number of hydrogen-bond donors (Lipinski definition) is 5. The third kappa shape index (κ3) is 13.1. The van der Waals surface area contributed by atoms with Gasteiger partial charge >= 0.3 is 0 Å². The summed E-state index contributed by atoms with van der Waals surface area (Å²) in [5.41, 5.74) is 23.9. The Morgan fingerprint density at radius 3 is 2.26 bits per heavy atom. The van der Waals surface area contributed by atoms with Crippen LogP contribution >= 0.6 is 11.3 Å². The maximum absolute atomic E-state index is 14.0. The number of hydrogen-bond acceptors (Lipinski definition) is 13. The van der Waals surface area contributed by atoms with E-state index >= 15 is 0 Å². The van der Waals surface area contributed by atoms with Crippen molar-refractivity contribution in [3.63, 3.8) is 0 Å². The highest BCUT2D eigenvalue weighted by Gasteiger charge is 2.42. The smallest absolute Gasteiger partial charge is 0.246 e.